The van der Waals surface area contributed by atoms with E-state index in [1.54, 1.807) is 0 Å². The van der Waals surface area contributed by atoms with Gasteiger partial charge in [-0.25, -0.2) is 30.5 Å². The predicted molar refractivity (Wildman–Crippen MR) is 230 cm³/mol. The number of aliphatic carboxylic acids is 2. The number of methoxy groups -OCH3 is 1. The summed E-state index contributed by atoms with van der Waals surface area (Å²) in [6, 6.07) is -6.11. The molecule has 5 aliphatic rings. The Balaban J connectivity index is 1.48. The Morgan fingerprint density at radius 2 is 0.772 bits per heavy atom. The molecule has 10 unspecified atom stereocenters. The average Bonchev–Trinajstić information content (AvgIpc) is 3.37. The third-order valence-corrected chi connectivity index (χ3v) is 14.0. The molecular weight excluding hydrogens is 1210 g/mol. The number of aliphatic hydroxyl groups is 6. The van der Waals surface area contributed by atoms with Crippen LogP contribution in [0.3, 0.4) is 0 Å². The standard InChI is InChI=1S/C31H53N3O40S5/c1-60-27-9(33)13(37)17(6(65-27)3-62-76(48,49)50)67-31-22(74-79(57,58)59)16(40)21(24(72-31)26(43)44)70-29-10(34)19(73-78(54,55)56)18(7(66-29)4-63-77(51,52)53)68-30-15(39)14(38)20(23(71-30)25(41)42)69-28-8(32)12(36)11(35)5(64-28)2-61-75(45,46)47/h5-24,27-31,35-40H,2-4,32-34H2,1H3,(H,41,42)(H,43,44)(H,45,46,47)(H,48,49,50)(H,51,52,53)(H,54,55,56)(H,57,58,59)/t5?,6?,7?,8?,9-,10?,11+,12+,13?,14?,15-,16?,17+,18+,19+,20-,21+,22-,23?,24?,27-,28+,29-,30+,31+/m0/s1. The molecule has 0 aromatic rings. The maximum atomic E-state index is 12.8. The molecule has 79 heavy (non-hydrogen) atoms. The first kappa shape index (κ1) is 67.3. The largest absolute Gasteiger partial charge is 0.479 e. The van der Waals surface area contributed by atoms with Crippen molar-refractivity contribution in [1.29, 1.82) is 0 Å². The number of nitrogens with two attached hydrogens (primary N) is 3. The first-order chi connectivity index (χ1) is 36.1. The summed E-state index contributed by atoms with van der Waals surface area (Å²) in [6.07, 6.45) is -54.1. The lowest BCUT2D eigenvalue weighted by atomic mass is 9.94. The highest BCUT2D eigenvalue weighted by Gasteiger charge is 2.60. The van der Waals surface area contributed by atoms with Gasteiger partial charge < -0.3 is 105 Å². The second kappa shape index (κ2) is 26.2. The van der Waals surface area contributed by atoms with E-state index in [0.717, 1.165) is 7.11 Å². The number of hydrogen-bond acceptors (Lipinski definition) is 36. The van der Waals surface area contributed by atoms with Crippen LogP contribution in [0.1, 0.15) is 0 Å². The summed E-state index contributed by atoms with van der Waals surface area (Å²) in [6.45, 7) is -4.22. The summed E-state index contributed by atoms with van der Waals surface area (Å²) >= 11 is 0. The number of carbonyl (C=O) groups is 2. The molecule has 0 aliphatic carbocycles. The Morgan fingerprint density at radius 3 is 1.24 bits per heavy atom. The van der Waals surface area contributed by atoms with E-state index in [1.165, 1.54) is 0 Å². The molecule has 43 nitrogen and oxygen atoms in total. The van der Waals surface area contributed by atoms with Crippen molar-refractivity contribution < 1.29 is 184 Å². The summed E-state index contributed by atoms with van der Waals surface area (Å²) in [5, 5.41) is 86.4. The van der Waals surface area contributed by atoms with E-state index < -0.39 is 237 Å². The van der Waals surface area contributed by atoms with Crippen molar-refractivity contribution in [1.82, 2.24) is 0 Å². The normalized spacial score (nSPS) is 42.1. The van der Waals surface area contributed by atoms with Gasteiger partial charge in [0, 0.05) is 7.11 Å². The molecule has 0 amide bonds. The Morgan fingerprint density at radius 1 is 0.392 bits per heavy atom. The van der Waals surface area contributed by atoms with Crippen molar-refractivity contribution in [2.45, 2.75) is 153 Å². The van der Waals surface area contributed by atoms with E-state index >= 15 is 0 Å². The molecule has 5 heterocycles. The van der Waals surface area contributed by atoms with Crippen LogP contribution in [0.5, 0.6) is 0 Å². The third kappa shape index (κ3) is 17.8. The van der Waals surface area contributed by atoms with Crippen molar-refractivity contribution in [3.63, 3.8) is 0 Å². The number of aliphatic hydroxyl groups excluding tert-OH is 6. The smallest absolute Gasteiger partial charge is 0.397 e. The molecule has 5 aliphatic heterocycles. The van der Waals surface area contributed by atoms with Crippen LogP contribution in [0.25, 0.3) is 0 Å². The van der Waals surface area contributed by atoms with Crippen LogP contribution in [-0.4, -0.2) is 298 Å². The van der Waals surface area contributed by atoms with Crippen molar-refractivity contribution in [2.24, 2.45) is 17.2 Å². The maximum absolute atomic E-state index is 12.8. The van der Waals surface area contributed by atoms with E-state index in [1.807, 2.05) is 0 Å². The summed E-state index contributed by atoms with van der Waals surface area (Å²) < 4.78 is 240. The molecule has 462 valence electrons. The SMILES string of the molecule is CO[C@H]1OC(COS(=O)(=O)O)[C@@H](O[C@@H]2OC(C(=O)O)[C@H](O[C@@H]3OC(COS(=O)(=O)O)[C@@H](O[C@@H]4OC(C(=O)O)[C@@H](O[C@H]5OC(COS(=O)(=O)O)[C@@H](O)[C@H](O)C5N)C(O)[C@@H]4O)[C@H](OS(=O)(=O)O)C3N)C(O)[C@@H]2OS(=O)(=O)O)C(O)[C@@H]1N. The second-order valence-corrected chi connectivity index (χ2v) is 22.5. The fraction of sp³-hybridized carbons (Fsp3) is 0.935. The lowest BCUT2D eigenvalue weighted by Gasteiger charge is -2.50. The lowest BCUT2D eigenvalue weighted by Crippen LogP contribution is -2.70. The van der Waals surface area contributed by atoms with E-state index in [4.69, 9.17) is 73.7 Å². The molecule has 0 aromatic heterocycles. The zero-order valence-electron chi connectivity index (χ0n) is 39.2. The van der Waals surface area contributed by atoms with Gasteiger partial charge in [0.1, 0.15) is 85.5 Å². The van der Waals surface area contributed by atoms with Gasteiger partial charge in [-0.15, -0.1) is 0 Å². The number of rotatable bonds is 24. The van der Waals surface area contributed by atoms with Gasteiger partial charge in [0.25, 0.3) is 0 Å². The first-order valence-electron chi connectivity index (χ1n) is 21.5. The molecule has 0 bridgehead atoms. The van der Waals surface area contributed by atoms with E-state index in [0.29, 0.717) is 0 Å². The fourth-order valence-electron chi connectivity index (χ4n) is 8.18. The fourth-order valence-corrected chi connectivity index (χ4v) is 10.1. The van der Waals surface area contributed by atoms with Gasteiger partial charge >= 0.3 is 63.9 Å². The Hall–Kier alpha value is -2.47. The summed E-state index contributed by atoms with van der Waals surface area (Å²) in [5.41, 5.74) is 17.9. The van der Waals surface area contributed by atoms with Gasteiger partial charge in [0.05, 0.1) is 37.9 Å². The minimum Gasteiger partial charge on any atom is -0.479 e. The molecule has 0 aromatic carbocycles. The summed E-state index contributed by atoms with van der Waals surface area (Å²) in [4.78, 5) is 25.4. The van der Waals surface area contributed by atoms with Gasteiger partial charge in [0.15, 0.2) is 49.8 Å². The summed E-state index contributed by atoms with van der Waals surface area (Å²) in [5.74, 6) is -4.37. The van der Waals surface area contributed by atoms with Crippen molar-refractivity contribution in [2.75, 3.05) is 26.9 Å². The molecule has 0 saturated carbocycles. The highest BCUT2D eigenvalue weighted by molar-refractivity contribution is 7.81. The van der Waals surface area contributed by atoms with Crippen LogP contribution in [0, 0.1) is 0 Å². The monoisotopic (exact) mass is 1270 g/mol. The molecule has 5 rings (SSSR count). The maximum Gasteiger partial charge on any atom is 0.397 e. The van der Waals surface area contributed by atoms with Crippen LogP contribution in [-0.2, 0) is 130 Å². The van der Waals surface area contributed by atoms with Gasteiger partial charge in [0.2, 0.25) is 0 Å². The quantitative estimate of drug-likeness (QED) is 0.0399. The number of carboxylic acid groups (broad SMARTS) is 2. The van der Waals surface area contributed by atoms with E-state index in [9.17, 15) is 106 Å². The number of ether oxygens (including phenoxy) is 10. The lowest BCUT2D eigenvalue weighted by molar-refractivity contribution is -0.372. The minimum absolute atomic E-state index is 0.983. The third-order valence-electron chi connectivity index (χ3n) is 11.7. The molecule has 48 heteroatoms. The van der Waals surface area contributed by atoms with Crippen molar-refractivity contribution in [3.05, 3.63) is 0 Å². The van der Waals surface area contributed by atoms with Crippen LogP contribution < -0.4 is 17.2 Å². The van der Waals surface area contributed by atoms with Gasteiger partial charge in [-0.2, -0.15) is 42.1 Å². The van der Waals surface area contributed by atoms with Gasteiger partial charge in [-0.1, -0.05) is 0 Å². The highest BCUT2D eigenvalue weighted by atomic mass is 32.3. The number of hydrogen-bond donors (Lipinski definition) is 16. The summed E-state index contributed by atoms with van der Waals surface area (Å²) in [7, 11) is -27.0. The first-order valence-corrected chi connectivity index (χ1v) is 28.3. The Labute approximate surface area is 443 Å². The molecular formula is C31H53N3O40S5. The second-order valence-electron chi connectivity index (χ2n) is 17.1. The highest BCUT2D eigenvalue weighted by Crippen LogP contribution is 2.37. The molecule has 5 saturated heterocycles. The Kier molecular flexibility index (Phi) is 22.3. The van der Waals surface area contributed by atoms with Crippen molar-refractivity contribution in [3.8, 4) is 0 Å². The minimum atomic E-state index is -5.94. The Bertz CT molecular complexity index is 2670. The molecule has 0 spiro atoms. The van der Waals surface area contributed by atoms with Crippen LogP contribution in [0.4, 0.5) is 0 Å². The zero-order valence-corrected chi connectivity index (χ0v) is 43.2. The molecule has 25 atom stereocenters. The van der Waals surface area contributed by atoms with Crippen LogP contribution in [0.2, 0.25) is 0 Å². The van der Waals surface area contributed by atoms with Crippen LogP contribution >= 0.6 is 0 Å². The molecule has 19 N–H and O–H groups in total. The van der Waals surface area contributed by atoms with Gasteiger partial charge in [-0.05, 0) is 0 Å². The number of carboxylic acids is 2. The van der Waals surface area contributed by atoms with E-state index in [2.05, 4.69) is 20.9 Å². The molecule has 0 radical (unpaired) electrons. The van der Waals surface area contributed by atoms with E-state index in [-0.39, 0.29) is 0 Å². The van der Waals surface area contributed by atoms with Crippen LogP contribution in [0.15, 0.2) is 0 Å². The van der Waals surface area contributed by atoms with Crippen molar-refractivity contribution >= 4 is 63.9 Å². The molecule has 5 fully saturated rings. The zero-order chi connectivity index (χ0) is 59.8. The average molecular weight is 1270 g/mol. The predicted octanol–water partition coefficient (Wildman–Crippen LogP) is -12.1. The topological polar surface area (TPSA) is 684 Å². The van der Waals surface area contributed by atoms with Gasteiger partial charge in [-0.3, -0.25) is 22.8 Å².